The monoisotopic (exact) mass is 316 g/mol. The zero-order valence-electron chi connectivity index (χ0n) is 10.5. The van der Waals surface area contributed by atoms with Gasteiger partial charge >= 0.3 is 0 Å². The van der Waals surface area contributed by atoms with E-state index >= 15 is 0 Å². The molecule has 4 heteroatoms. The Bertz CT molecular complexity index is 623. The van der Waals surface area contributed by atoms with Crippen LogP contribution >= 0.6 is 34.8 Å². The first-order valence-electron chi connectivity index (χ1n) is 5.76. The fourth-order valence-corrected chi connectivity index (χ4v) is 2.79. The van der Waals surface area contributed by atoms with Gasteiger partial charge in [0.25, 0.3) is 0 Å². The summed E-state index contributed by atoms with van der Waals surface area (Å²) < 4.78 is 13.8. The number of rotatable bonds is 2. The summed E-state index contributed by atoms with van der Waals surface area (Å²) in [7, 11) is 0. The molecule has 2 rings (SSSR count). The van der Waals surface area contributed by atoms with Crippen LogP contribution in [0.4, 0.5) is 4.39 Å². The molecule has 0 bridgehead atoms. The van der Waals surface area contributed by atoms with E-state index in [1.54, 1.807) is 0 Å². The predicted octanol–water partition coefficient (Wildman–Crippen LogP) is 6.08. The molecule has 0 radical (unpaired) electrons. The normalized spacial score (nSPS) is 12.5. The molecule has 2 aromatic rings. The zero-order chi connectivity index (χ0) is 14.2. The van der Waals surface area contributed by atoms with Crippen molar-refractivity contribution < 1.29 is 4.39 Å². The van der Waals surface area contributed by atoms with E-state index in [-0.39, 0.29) is 0 Å². The number of aryl methyl sites for hydroxylation is 2. The fourth-order valence-electron chi connectivity index (χ4n) is 1.87. The molecule has 0 aliphatic carbocycles. The van der Waals surface area contributed by atoms with Crippen LogP contribution in [0.25, 0.3) is 0 Å². The number of halogens is 4. The van der Waals surface area contributed by atoms with Crippen LogP contribution < -0.4 is 0 Å². The van der Waals surface area contributed by atoms with Crippen LogP contribution in [0.5, 0.6) is 0 Å². The van der Waals surface area contributed by atoms with Crippen LogP contribution in [0.2, 0.25) is 10.0 Å². The van der Waals surface area contributed by atoms with E-state index in [0.717, 1.165) is 11.1 Å². The van der Waals surface area contributed by atoms with Crippen molar-refractivity contribution in [3.05, 3.63) is 68.4 Å². The van der Waals surface area contributed by atoms with Gasteiger partial charge in [-0.3, -0.25) is 0 Å². The zero-order valence-corrected chi connectivity index (χ0v) is 12.7. The predicted molar refractivity (Wildman–Crippen MR) is 80.0 cm³/mol. The van der Waals surface area contributed by atoms with Gasteiger partial charge in [-0.2, -0.15) is 0 Å². The molecule has 0 heterocycles. The molecule has 0 nitrogen and oxygen atoms in total. The molecule has 0 saturated carbocycles. The third-order valence-electron chi connectivity index (χ3n) is 3.12. The minimum atomic E-state index is -0.662. The van der Waals surface area contributed by atoms with Crippen molar-refractivity contribution >= 4 is 34.8 Å². The summed E-state index contributed by atoms with van der Waals surface area (Å²) in [4.78, 5) is 0. The lowest BCUT2D eigenvalue weighted by Crippen LogP contribution is -1.99. The molecular weight excluding hydrogens is 306 g/mol. The molecule has 0 aromatic heterocycles. The van der Waals surface area contributed by atoms with Gasteiger partial charge < -0.3 is 0 Å². The van der Waals surface area contributed by atoms with Gasteiger partial charge in [-0.25, -0.2) is 4.39 Å². The highest BCUT2D eigenvalue weighted by Gasteiger charge is 2.19. The average Bonchev–Trinajstić information content (AvgIpc) is 2.36. The molecule has 0 N–H and O–H groups in total. The Kier molecular flexibility index (Phi) is 4.39. The summed E-state index contributed by atoms with van der Waals surface area (Å²) in [5, 5.41) is 0.315. The highest BCUT2D eigenvalue weighted by molar-refractivity contribution is 6.33. The second kappa shape index (κ2) is 5.70. The summed E-state index contributed by atoms with van der Waals surface area (Å²) in [5.74, 6) is -0.390. The fraction of sp³-hybridized carbons (Fsp3) is 0.200. The first-order valence-corrected chi connectivity index (χ1v) is 6.95. The van der Waals surface area contributed by atoms with Crippen molar-refractivity contribution in [1.29, 1.82) is 0 Å². The Morgan fingerprint density at radius 2 is 1.58 bits per heavy atom. The minimum absolute atomic E-state index is 0.333. The second-order valence-electron chi connectivity index (χ2n) is 4.49. The molecule has 0 aliphatic heterocycles. The van der Waals surface area contributed by atoms with Crippen molar-refractivity contribution in [2.45, 2.75) is 19.2 Å². The largest absolute Gasteiger partial charge is 0.207 e. The van der Waals surface area contributed by atoms with Crippen LogP contribution in [0.1, 0.15) is 27.6 Å². The van der Waals surface area contributed by atoms with E-state index in [4.69, 9.17) is 34.8 Å². The van der Waals surface area contributed by atoms with Gasteiger partial charge in [0.1, 0.15) is 5.82 Å². The molecule has 19 heavy (non-hydrogen) atoms. The summed E-state index contributed by atoms with van der Waals surface area (Å²) in [6.45, 7) is 3.93. The SMILES string of the molecule is Cc1cc(Cl)c(C(Cl)c2cc(Cl)ccc2F)cc1C. The highest BCUT2D eigenvalue weighted by Crippen LogP contribution is 2.37. The van der Waals surface area contributed by atoms with Crippen LogP contribution in [0, 0.1) is 19.7 Å². The first-order chi connectivity index (χ1) is 8.90. The number of hydrogen-bond donors (Lipinski definition) is 0. The average molecular weight is 318 g/mol. The first kappa shape index (κ1) is 14.6. The molecule has 2 aromatic carbocycles. The van der Waals surface area contributed by atoms with Crippen LogP contribution in [-0.4, -0.2) is 0 Å². The Morgan fingerprint density at radius 1 is 0.947 bits per heavy atom. The van der Waals surface area contributed by atoms with Crippen molar-refractivity contribution in [2.75, 3.05) is 0 Å². The maximum atomic E-state index is 13.8. The van der Waals surface area contributed by atoms with Gasteiger partial charge in [-0.05, 0) is 54.8 Å². The lowest BCUT2D eigenvalue weighted by atomic mass is 9.99. The van der Waals surface area contributed by atoms with Gasteiger partial charge in [0.15, 0.2) is 0 Å². The number of alkyl halides is 1. The summed E-state index contributed by atoms with van der Waals surface area (Å²) >= 11 is 18.4. The van der Waals surface area contributed by atoms with Crippen LogP contribution in [0.15, 0.2) is 30.3 Å². The topological polar surface area (TPSA) is 0 Å². The molecular formula is C15H12Cl3F. The van der Waals surface area contributed by atoms with Crippen molar-refractivity contribution in [2.24, 2.45) is 0 Å². The number of benzene rings is 2. The Hall–Kier alpha value is -0.760. The Balaban J connectivity index is 2.52. The van der Waals surface area contributed by atoms with Gasteiger partial charge in [0, 0.05) is 15.6 Å². The second-order valence-corrected chi connectivity index (χ2v) is 5.77. The molecule has 0 fully saturated rings. The Morgan fingerprint density at radius 3 is 2.26 bits per heavy atom. The van der Waals surface area contributed by atoms with Crippen molar-refractivity contribution in [3.63, 3.8) is 0 Å². The van der Waals surface area contributed by atoms with Gasteiger partial charge in [-0.1, -0.05) is 29.3 Å². The van der Waals surface area contributed by atoms with E-state index in [1.165, 1.54) is 18.2 Å². The van der Waals surface area contributed by atoms with E-state index in [2.05, 4.69) is 0 Å². The molecule has 1 unspecified atom stereocenters. The summed E-state index contributed by atoms with van der Waals surface area (Å²) in [6.07, 6.45) is 0. The smallest absolute Gasteiger partial charge is 0.128 e. The van der Waals surface area contributed by atoms with E-state index < -0.39 is 11.2 Å². The van der Waals surface area contributed by atoms with E-state index in [9.17, 15) is 4.39 Å². The third-order valence-corrected chi connectivity index (χ3v) is 4.15. The maximum absolute atomic E-state index is 13.8. The summed E-state index contributed by atoms with van der Waals surface area (Å²) in [6, 6.07) is 8.05. The van der Waals surface area contributed by atoms with Crippen molar-refractivity contribution in [3.8, 4) is 0 Å². The standard InChI is InChI=1S/C15H12Cl3F/c1-8-5-11(13(17)6-9(8)2)15(18)12-7-10(16)3-4-14(12)19/h3-7,15H,1-2H3. The van der Waals surface area contributed by atoms with Gasteiger partial charge in [0.05, 0.1) is 5.38 Å². The van der Waals surface area contributed by atoms with Gasteiger partial charge in [-0.15, -0.1) is 11.6 Å². The molecule has 0 spiro atoms. The molecule has 100 valence electrons. The molecule has 0 saturated heterocycles. The highest BCUT2D eigenvalue weighted by atomic mass is 35.5. The minimum Gasteiger partial charge on any atom is -0.207 e. The number of hydrogen-bond acceptors (Lipinski definition) is 0. The lowest BCUT2D eigenvalue weighted by Gasteiger charge is -2.15. The lowest BCUT2D eigenvalue weighted by molar-refractivity contribution is 0.612. The van der Waals surface area contributed by atoms with Gasteiger partial charge in [0.2, 0.25) is 0 Å². The quantitative estimate of drug-likeness (QED) is 0.589. The summed E-state index contributed by atoms with van der Waals surface area (Å²) in [5.41, 5.74) is 3.16. The van der Waals surface area contributed by atoms with Crippen LogP contribution in [-0.2, 0) is 0 Å². The van der Waals surface area contributed by atoms with E-state index in [1.807, 2.05) is 26.0 Å². The molecule has 0 amide bonds. The van der Waals surface area contributed by atoms with E-state index in [0.29, 0.717) is 21.2 Å². The maximum Gasteiger partial charge on any atom is 0.128 e. The van der Waals surface area contributed by atoms with Crippen LogP contribution in [0.3, 0.4) is 0 Å². The molecule has 1 atom stereocenters. The third kappa shape index (κ3) is 3.05. The molecule has 0 aliphatic rings. The van der Waals surface area contributed by atoms with Crippen molar-refractivity contribution in [1.82, 2.24) is 0 Å². The Labute approximate surface area is 127 Å².